The van der Waals surface area contributed by atoms with Crippen LogP contribution in [0.4, 0.5) is 0 Å². The van der Waals surface area contributed by atoms with Crippen molar-refractivity contribution in [2.45, 2.75) is 37.7 Å². The van der Waals surface area contributed by atoms with Gasteiger partial charge in [-0.25, -0.2) is 0 Å². The number of aromatic nitrogens is 2. The number of rotatable bonds is 4. The Balaban J connectivity index is 1.51. The highest BCUT2D eigenvalue weighted by molar-refractivity contribution is 5.94. The molecular weight excluding hydrogens is 318 g/mol. The summed E-state index contributed by atoms with van der Waals surface area (Å²) in [5.74, 6) is -0.000715. The molecule has 2 aromatic heterocycles. The molecule has 130 valence electrons. The molecule has 2 aliphatic rings. The van der Waals surface area contributed by atoms with E-state index in [2.05, 4.69) is 9.97 Å². The van der Waals surface area contributed by atoms with E-state index in [0.717, 1.165) is 18.4 Å². The average Bonchev–Trinajstić information content (AvgIpc) is 2.96. The topological polar surface area (TPSA) is 64.6 Å². The van der Waals surface area contributed by atoms with E-state index in [-0.39, 0.29) is 24.2 Å². The first-order valence-corrected chi connectivity index (χ1v) is 8.66. The highest BCUT2D eigenvalue weighted by atomic mass is 16.5. The number of hydrogen-bond acceptors (Lipinski definition) is 5. The molecule has 3 heterocycles. The Morgan fingerprint density at radius 3 is 2.80 bits per heavy atom. The monoisotopic (exact) mass is 339 g/mol. The fraction of sp³-hybridized carbons (Fsp3) is 0.421. The van der Waals surface area contributed by atoms with Gasteiger partial charge >= 0.3 is 0 Å². The summed E-state index contributed by atoms with van der Waals surface area (Å²) in [7, 11) is 0. The molecular formula is C19H21N3O3. The molecule has 1 saturated carbocycles. The van der Waals surface area contributed by atoms with Crippen molar-refractivity contribution >= 4 is 5.91 Å². The van der Waals surface area contributed by atoms with Crippen molar-refractivity contribution in [2.24, 2.45) is 0 Å². The lowest BCUT2D eigenvalue weighted by Crippen LogP contribution is -2.46. The number of ether oxygens (including phenoxy) is 2. The predicted octanol–water partition coefficient (Wildman–Crippen LogP) is 2.07. The van der Waals surface area contributed by atoms with Gasteiger partial charge in [-0.05, 0) is 36.6 Å². The van der Waals surface area contributed by atoms with E-state index < -0.39 is 0 Å². The number of fused-ring (bicyclic) bond motifs is 2. The molecule has 2 aromatic rings. The third-order valence-corrected chi connectivity index (χ3v) is 4.89. The number of amides is 1. The number of hydrogen-bond donors (Lipinski definition) is 0. The molecule has 0 aromatic carbocycles. The number of carbonyl (C=O) groups excluding carboxylic acids is 1. The molecule has 3 atom stereocenters. The average molecular weight is 339 g/mol. The van der Waals surface area contributed by atoms with Gasteiger partial charge in [-0.2, -0.15) is 0 Å². The Labute approximate surface area is 146 Å². The highest BCUT2D eigenvalue weighted by Gasteiger charge is 2.44. The zero-order valence-electron chi connectivity index (χ0n) is 14.0. The maximum absolute atomic E-state index is 12.9. The Morgan fingerprint density at radius 2 is 2.04 bits per heavy atom. The second kappa shape index (κ2) is 7.29. The first kappa shape index (κ1) is 16.2. The van der Waals surface area contributed by atoms with Gasteiger partial charge in [-0.1, -0.05) is 6.07 Å². The quantitative estimate of drug-likeness (QED) is 0.853. The van der Waals surface area contributed by atoms with Crippen LogP contribution in [0.1, 0.15) is 28.8 Å². The fourth-order valence-corrected chi connectivity index (χ4v) is 3.69. The molecule has 0 radical (unpaired) electrons. The van der Waals surface area contributed by atoms with Crippen LogP contribution in [-0.2, 0) is 16.1 Å². The molecule has 4 rings (SSSR count). The first-order valence-electron chi connectivity index (χ1n) is 8.66. The SMILES string of the molecule is O=C(c1cccnc1)N1CCO[C@H]2CC[C@H]1[C@@H]2OCc1cccnc1. The van der Waals surface area contributed by atoms with Crippen molar-refractivity contribution in [2.75, 3.05) is 13.2 Å². The maximum Gasteiger partial charge on any atom is 0.255 e. The minimum atomic E-state index is -0.108. The van der Waals surface area contributed by atoms with Gasteiger partial charge in [0.2, 0.25) is 0 Å². The van der Waals surface area contributed by atoms with Gasteiger partial charge in [-0.3, -0.25) is 14.8 Å². The first-order chi connectivity index (χ1) is 12.3. The van der Waals surface area contributed by atoms with Crippen molar-refractivity contribution in [1.82, 2.24) is 14.9 Å². The molecule has 25 heavy (non-hydrogen) atoms. The lowest BCUT2D eigenvalue weighted by atomic mass is 10.1. The summed E-state index contributed by atoms with van der Waals surface area (Å²) in [6, 6.07) is 7.52. The Bertz CT molecular complexity index is 710. The van der Waals surface area contributed by atoms with Gasteiger partial charge in [0, 0.05) is 31.3 Å². The summed E-state index contributed by atoms with van der Waals surface area (Å²) in [4.78, 5) is 23.0. The van der Waals surface area contributed by atoms with Crippen LogP contribution in [0.5, 0.6) is 0 Å². The second-order valence-corrected chi connectivity index (χ2v) is 6.43. The van der Waals surface area contributed by atoms with Gasteiger partial charge < -0.3 is 14.4 Å². The van der Waals surface area contributed by atoms with E-state index in [1.807, 2.05) is 17.0 Å². The summed E-state index contributed by atoms with van der Waals surface area (Å²) in [5.41, 5.74) is 1.63. The van der Waals surface area contributed by atoms with Gasteiger partial charge in [-0.15, -0.1) is 0 Å². The lowest BCUT2D eigenvalue weighted by Gasteiger charge is -2.31. The third kappa shape index (κ3) is 3.41. The molecule has 1 amide bonds. The zero-order valence-corrected chi connectivity index (χ0v) is 14.0. The van der Waals surface area contributed by atoms with Crippen LogP contribution in [0.3, 0.4) is 0 Å². The lowest BCUT2D eigenvalue weighted by molar-refractivity contribution is -0.0598. The summed E-state index contributed by atoms with van der Waals surface area (Å²) in [6.07, 6.45) is 8.60. The molecule has 2 bridgehead atoms. The largest absolute Gasteiger partial charge is 0.374 e. The summed E-state index contributed by atoms with van der Waals surface area (Å²) >= 11 is 0. The van der Waals surface area contributed by atoms with Gasteiger partial charge in [0.25, 0.3) is 5.91 Å². The minimum absolute atomic E-state index is 0.000715. The van der Waals surface area contributed by atoms with Gasteiger partial charge in [0.1, 0.15) is 6.10 Å². The molecule has 1 saturated heterocycles. The van der Waals surface area contributed by atoms with Crippen LogP contribution in [-0.4, -0.2) is 52.2 Å². The summed E-state index contributed by atoms with van der Waals surface area (Å²) in [6.45, 7) is 1.60. The van der Waals surface area contributed by atoms with Crippen molar-refractivity contribution in [3.63, 3.8) is 0 Å². The molecule has 6 heteroatoms. The molecule has 1 aliphatic heterocycles. The predicted molar refractivity (Wildman–Crippen MR) is 90.8 cm³/mol. The Kier molecular flexibility index (Phi) is 4.72. The third-order valence-electron chi connectivity index (χ3n) is 4.89. The zero-order chi connectivity index (χ0) is 17.1. The number of carbonyl (C=O) groups is 1. The van der Waals surface area contributed by atoms with Gasteiger partial charge in [0.05, 0.1) is 30.9 Å². The van der Waals surface area contributed by atoms with E-state index in [1.165, 1.54) is 0 Å². The van der Waals surface area contributed by atoms with Crippen molar-refractivity contribution in [3.05, 3.63) is 60.2 Å². The normalized spacial score (nSPS) is 25.6. The smallest absolute Gasteiger partial charge is 0.255 e. The van der Waals surface area contributed by atoms with Crippen LogP contribution in [0.25, 0.3) is 0 Å². The van der Waals surface area contributed by atoms with Crippen molar-refractivity contribution in [3.8, 4) is 0 Å². The molecule has 6 nitrogen and oxygen atoms in total. The van der Waals surface area contributed by atoms with Crippen LogP contribution < -0.4 is 0 Å². The standard InChI is InChI=1S/C19H21N3O3/c23-19(15-4-2-8-21-12-15)22-9-10-24-17-6-5-16(22)18(17)25-13-14-3-1-7-20-11-14/h1-4,7-8,11-12,16-18H,5-6,9-10,13H2/t16-,17-,18-/m0/s1. The van der Waals surface area contributed by atoms with Crippen LogP contribution >= 0.6 is 0 Å². The molecule has 1 aliphatic carbocycles. The van der Waals surface area contributed by atoms with E-state index >= 15 is 0 Å². The van der Waals surface area contributed by atoms with E-state index in [1.54, 1.807) is 36.9 Å². The summed E-state index contributed by atoms with van der Waals surface area (Å²) < 4.78 is 12.1. The molecule has 2 fully saturated rings. The second-order valence-electron chi connectivity index (χ2n) is 6.43. The van der Waals surface area contributed by atoms with Gasteiger partial charge in [0.15, 0.2) is 0 Å². The molecule has 0 spiro atoms. The molecule has 0 unspecified atom stereocenters. The van der Waals surface area contributed by atoms with E-state index in [0.29, 0.717) is 25.3 Å². The fourth-order valence-electron chi connectivity index (χ4n) is 3.69. The van der Waals surface area contributed by atoms with Crippen LogP contribution in [0.2, 0.25) is 0 Å². The van der Waals surface area contributed by atoms with Crippen LogP contribution in [0.15, 0.2) is 49.1 Å². The Hall–Kier alpha value is -2.31. The van der Waals surface area contributed by atoms with Crippen LogP contribution in [0, 0.1) is 0 Å². The Morgan fingerprint density at radius 1 is 1.20 bits per heavy atom. The van der Waals surface area contributed by atoms with Crippen molar-refractivity contribution < 1.29 is 14.3 Å². The van der Waals surface area contributed by atoms with E-state index in [9.17, 15) is 4.79 Å². The highest BCUT2D eigenvalue weighted by Crippen LogP contribution is 2.33. The maximum atomic E-state index is 12.9. The van der Waals surface area contributed by atoms with E-state index in [4.69, 9.17) is 9.47 Å². The number of pyridine rings is 2. The number of nitrogens with zero attached hydrogens (tertiary/aromatic N) is 3. The van der Waals surface area contributed by atoms with Crippen molar-refractivity contribution in [1.29, 1.82) is 0 Å². The summed E-state index contributed by atoms with van der Waals surface area (Å²) in [5, 5.41) is 0. The minimum Gasteiger partial charge on any atom is -0.374 e. The molecule has 0 N–H and O–H groups in total.